The number of nitrogens with zero attached hydrogens (tertiary/aromatic N) is 4. The van der Waals surface area contributed by atoms with E-state index in [1.54, 1.807) is 18.2 Å². The Labute approximate surface area is 157 Å². The lowest BCUT2D eigenvalue weighted by atomic mass is 10.1. The van der Waals surface area contributed by atoms with E-state index < -0.39 is 0 Å². The molecular weight excluding hydrogens is 350 g/mol. The minimum atomic E-state index is -0.312. The Kier molecular flexibility index (Phi) is 5.90. The maximum Gasteiger partial charge on any atom is 0.321 e. The zero-order chi connectivity index (χ0) is 19.2. The largest absolute Gasteiger partial charge is 0.493 e. The molecule has 1 aliphatic heterocycles. The highest BCUT2D eigenvalue weighted by molar-refractivity contribution is 5.97. The van der Waals surface area contributed by atoms with Crippen LogP contribution in [0, 0.1) is 0 Å². The van der Waals surface area contributed by atoms with Crippen LogP contribution in [0.15, 0.2) is 18.2 Å². The van der Waals surface area contributed by atoms with Crippen LogP contribution in [0.5, 0.6) is 17.5 Å². The van der Waals surface area contributed by atoms with Crippen molar-refractivity contribution in [2.24, 2.45) is 0 Å². The first-order valence-electron chi connectivity index (χ1n) is 8.69. The van der Waals surface area contributed by atoms with Gasteiger partial charge in [-0.1, -0.05) is 6.07 Å². The number of nitrogens with one attached hydrogen (secondary N) is 1. The molecule has 0 radical (unpaired) electrons. The fraction of sp³-hybridized carbons (Fsp3) is 0.444. The Bertz CT molecular complexity index is 808. The number of hydrogen-bond acceptors (Lipinski definition) is 8. The van der Waals surface area contributed by atoms with Crippen molar-refractivity contribution in [3.8, 4) is 17.5 Å². The summed E-state index contributed by atoms with van der Waals surface area (Å²) in [5, 5.41) is 2.81. The van der Waals surface area contributed by atoms with E-state index in [0.717, 1.165) is 25.9 Å². The molecule has 27 heavy (non-hydrogen) atoms. The minimum absolute atomic E-state index is 0.138. The number of ether oxygens (including phenoxy) is 3. The van der Waals surface area contributed by atoms with E-state index >= 15 is 0 Å². The monoisotopic (exact) mass is 373 g/mol. The zero-order valence-corrected chi connectivity index (χ0v) is 15.7. The van der Waals surface area contributed by atoms with E-state index in [9.17, 15) is 4.79 Å². The number of amides is 1. The van der Waals surface area contributed by atoms with Gasteiger partial charge in [0.15, 0.2) is 17.3 Å². The van der Waals surface area contributed by atoms with Crippen LogP contribution in [0.2, 0.25) is 0 Å². The smallest absolute Gasteiger partial charge is 0.321 e. The lowest BCUT2D eigenvalue weighted by Crippen LogP contribution is -2.26. The maximum atomic E-state index is 12.6. The van der Waals surface area contributed by atoms with Crippen LogP contribution >= 0.6 is 0 Å². The Balaban J connectivity index is 1.76. The van der Waals surface area contributed by atoms with Crippen LogP contribution in [0.1, 0.15) is 29.0 Å². The van der Waals surface area contributed by atoms with Gasteiger partial charge in [-0.3, -0.25) is 4.79 Å². The molecule has 144 valence electrons. The Morgan fingerprint density at radius 3 is 2.52 bits per heavy atom. The first kappa shape index (κ1) is 18.7. The van der Waals surface area contributed by atoms with Crippen molar-refractivity contribution in [3.05, 3.63) is 29.6 Å². The number of methoxy groups -OCH3 is 3. The van der Waals surface area contributed by atoms with Gasteiger partial charge in [0.05, 0.1) is 33.4 Å². The van der Waals surface area contributed by atoms with E-state index in [2.05, 4.69) is 25.2 Å². The average Bonchev–Trinajstić information content (AvgIpc) is 3.26. The molecule has 3 rings (SSSR count). The van der Waals surface area contributed by atoms with Gasteiger partial charge in [-0.15, -0.1) is 0 Å². The number of para-hydroxylation sites is 1. The molecule has 2 heterocycles. The van der Waals surface area contributed by atoms with Gasteiger partial charge in [-0.2, -0.15) is 15.0 Å². The lowest BCUT2D eigenvalue weighted by molar-refractivity contribution is 0.0946. The molecule has 1 saturated heterocycles. The molecule has 0 atom stereocenters. The highest BCUT2D eigenvalue weighted by Crippen LogP contribution is 2.30. The summed E-state index contributed by atoms with van der Waals surface area (Å²) in [4.78, 5) is 27.7. The molecule has 1 aromatic heterocycles. The Hall–Kier alpha value is -3.10. The van der Waals surface area contributed by atoms with Crippen molar-refractivity contribution in [1.29, 1.82) is 0 Å². The first-order valence-corrected chi connectivity index (χ1v) is 8.69. The number of carbonyl (C=O) groups is 1. The minimum Gasteiger partial charge on any atom is -0.493 e. The van der Waals surface area contributed by atoms with Crippen molar-refractivity contribution in [2.45, 2.75) is 19.4 Å². The van der Waals surface area contributed by atoms with Crippen LogP contribution in [-0.2, 0) is 6.54 Å². The number of aromatic nitrogens is 3. The van der Waals surface area contributed by atoms with E-state index in [1.807, 2.05) is 0 Å². The van der Waals surface area contributed by atoms with Crippen molar-refractivity contribution < 1.29 is 19.0 Å². The van der Waals surface area contributed by atoms with Crippen LogP contribution in [0.3, 0.4) is 0 Å². The predicted molar refractivity (Wildman–Crippen MR) is 98.5 cm³/mol. The third-order valence-corrected chi connectivity index (χ3v) is 4.28. The van der Waals surface area contributed by atoms with Gasteiger partial charge in [0.25, 0.3) is 5.91 Å². The van der Waals surface area contributed by atoms with Crippen LogP contribution < -0.4 is 24.4 Å². The maximum absolute atomic E-state index is 12.6. The van der Waals surface area contributed by atoms with Crippen molar-refractivity contribution >= 4 is 11.9 Å². The number of carbonyl (C=O) groups excluding carboxylic acids is 1. The van der Waals surface area contributed by atoms with Crippen LogP contribution in [-0.4, -0.2) is 55.3 Å². The molecule has 0 unspecified atom stereocenters. The van der Waals surface area contributed by atoms with Crippen LogP contribution in [0.25, 0.3) is 0 Å². The van der Waals surface area contributed by atoms with Gasteiger partial charge in [0, 0.05) is 13.1 Å². The third-order valence-electron chi connectivity index (χ3n) is 4.28. The molecule has 0 bridgehead atoms. The van der Waals surface area contributed by atoms with Gasteiger partial charge in [-0.05, 0) is 25.0 Å². The molecule has 9 nitrogen and oxygen atoms in total. The Morgan fingerprint density at radius 2 is 1.85 bits per heavy atom. The zero-order valence-electron chi connectivity index (χ0n) is 15.7. The molecule has 0 spiro atoms. The molecule has 1 aliphatic rings. The third kappa shape index (κ3) is 4.18. The van der Waals surface area contributed by atoms with Gasteiger partial charge in [-0.25, -0.2) is 0 Å². The molecule has 9 heteroatoms. The summed E-state index contributed by atoms with van der Waals surface area (Å²) in [6, 6.07) is 5.36. The lowest BCUT2D eigenvalue weighted by Gasteiger charge is -2.16. The van der Waals surface area contributed by atoms with Gasteiger partial charge < -0.3 is 24.4 Å². The second-order valence-corrected chi connectivity index (χ2v) is 5.96. The summed E-state index contributed by atoms with van der Waals surface area (Å²) in [6.07, 6.45) is 2.21. The summed E-state index contributed by atoms with van der Waals surface area (Å²) in [7, 11) is 4.52. The SMILES string of the molecule is COc1nc(CNC(=O)c2cccc(OC)c2OC)nc(N2CCCC2)n1. The summed E-state index contributed by atoms with van der Waals surface area (Å²) in [6.45, 7) is 1.94. The Morgan fingerprint density at radius 1 is 1.07 bits per heavy atom. The summed E-state index contributed by atoms with van der Waals surface area (Å²) < 4.78 is 15.7. The number of benzene rings is 1. The van der Waals surface area contributed by atoms with E-state index in [4.69, 9.17) is 14.2 Å². The number of rotatable bonds is 7. The molecule has 1 amide bonds. The molecule has 0 saturated carbocycles. The second-order valence-electron chi connectivity index (χ2n) is 5.96. The van der Waals surface area contributed by atoms with E-state index in [1.165, 1.54) is 21.3 Å². The molecular formula is C18H23N5O4. The fourth-order valence-corrected chi connectivity index (χ4v) is 2.94. The highest BCUT2D eigenvalue weighted by Gasteiger charge is 2.19. The summed E-state index contributed by atoms with van der Waals surface area (Å²) in [5.74, 6) is 1.56. The standard InChI is InChI=1S/C18H23N5O4/c1-25-13-8-6-7-12(15(13)26-2)16(24)19-11-14-20-17(22-18(21-14)27-3)23-9-4-5-10-23/h6-8H,4-5,9-11H2,1-3H3,(H,19,24). The number of anilines is 1. The fourth-order valence-electron chi connectivity index (χ4n) is 2.94. The van der Waals surface area contributed by atoms with Gasteiger partial charge >= 0.3 is 6.01 Å². The van der Waals surface area contributed by atoms with Crippen molar-refractivity contribution in [1.82, 2.24) is 20.3 Å². The molecule has 2 aromatic rings. The molecule has 0 aliphatic carbocycles. The highest BCUT2D eigenvalue weighted by atomic mass is 16.5. The number of hydrogen-bond donors (Lipinski definition) is 1. The van der Waals surface area contributed by atoms with Crippen molar-refractivity contribution in [3.63, 3.8) is 0 Å². The molecule has 1 aromatic carbocycles. The van der Waals surface area contributed by atoms with E-state index in [0.29, 0.717) is 28.8 Å². The average molecular weight is 373 g/mol. The van der Waals surface area contributed by atoms with Crippen LogP contribution in [0.4, 0.5) is 5.95 Å². The summed E-state index contributed by atoms with van der Waals surface area (Å²) >= 11 is 0. The van der Waals surface area contributed by atoms with Crippen molar-refractivity contribution in [2.75, 3.05) is 39.3 Å². The summed E-state index contributed by atoms with van der Waals surface area (Å²) in [5.41, 5.74) is 0.373. The van der Waals surface area contributed by atoms with Gasteiger partial charge in [0.1, 0.15) is 0 Å². The first-order chi connectivity index (χ1) is 13.2. The normalized spacial score (nSPS) is 13.4. The predicted octanol–water partition coefficient (Wildman–Crippen LogP) is 1.43. The molecule has 1 fully saturated rings. The van der Waals surface area contributed by atoms with E-state index in [-0.39, 0.29) is 18.5 Å². The topological polar surface area (TPSA) is 98.7 Å². The quantitative estimate of drug-likeness (QED) is 0.778. The second kappa shape index (κ2) is 8.52. The molecule has 1 N–H and O–H groups in total. The van der Waals surface area contributed by atoms with Gasteiger partial charge in [0.2, 0.25) is 5.95 Å².